The predicted molar refractivity (Wildman–Crippen MR) is 69.0 cm³/mol. The van der Waals surface area contributed by atoms with E-state index in [9.17, 15) is 4.79 Å². The Labute approximate surface area is 113 Å². The number of carboxylic acid groups (broad SMARTS) is 1. The monoisotopic (exact) mass is 283 g/mol. The molecule has 0 spiro atoms. The predicted octanol–water partition coefficient (Wildman–Crippen LogP) is 2.46. The molecule has 0 unspecified atom stereocenters. The van der Waals surface area contributed by atoms with E-state index < -0.39 is 5.97 Å². The molecule has 0 aliphatic heterocycles. The van der Waals surface area contributed by atoms with Crippen LogP contribution in [0.4, 0.5) is 0 Å². The fraction of sp³-hybridized carbons (Fsp3) is 0.182. The molecule has 7 heteroatoms. The molecule has 2 aromatic rings. The van der Waals surface area contributed by atoms with Crippen molar-refractivity contribution in [3.8, 4) is 0 Å². The number of carbonyl (C=O) groups is 1. The van der Waals surface area contributed by atoms with Crippen molar-refractivity contribution in [2.45, 2.75) is 10.8 Å². The van der Waals surface area contributed by atoms with Gasteiger partial charge in [-0.1, -0.05) is 23.4 Å². The summed E-state index contributed by atoms with van der Waals surface area (Å²) in [5.74, 6) is 0.492. The maximum Gasteiger partial charge on any atom is 0.337 e. The van der Waals surface area contributed by atoms with Crippen molar-refractivity contribution in [1.82, 2.24) is 14.5 Å². The first-order valence-corrected chi connectivity index (χ1v) is 6.42. The fourth-order valence-electron chi connectivity index (χ4n) is 1.29. The van der Waals surface area contributed by atoms with Gasteiger partial charge in [0.05, 0.1) is 22.5 Å². The minimum Gasteiger partial charge on any atom is -0.478 e. The summed E-state index contributed by atoms with van der Waals surface area (Å²) in [6.07, 6.45) is 2.94. The van der Waals surface area contributed by atoms with Crippen LogP contribution >= 0.6 is 23.4 Å². The highest BCUT2D eigenvalue weighted by molar-refractivity contribution is 7.98. The Kier molecular flexibility index (Phi) is 3.88. The first-order chi connectivity index (χ1) is 8.58. The Balaban J connectivity index is 2.02. The van der Waals surface area contributed by atoms with Crippen molar-refractivity contribution in [2.75, 3.05) is 0 Å². The second-order valence-corrected chi connectivity index (χ2v) is 4.92. The molecule has 0 aliphatic carbocycles. The van der Waals surface area contributed by atoms with Crippen LogP contribution in [-0.2, 0) is 12.8 Å². The highest BCUT2D eigenvalue weighted by atomic mass is 35.5. The zero-order valence-corrected chi connectivity index (χ0v) is 11.1. The molecule has 0 atom stereocenters. The van der Waals surface area contributed by atoms with E-state index >= 15 is 0 Å². The average Bonchev–Trinajstić information content (AvgIpc) is 2.68. The molecule has 0 saturated heterocycles. The summed E-state index contributed by atoms with van der Waals surface area (Å²) in [5.41, 5.74) is 0.180. The van der Waals surface area contributed by atoms with E-state index in [1.54, 1.807) is 16.8 Å². The molecule has 2 rings (SSSR count). The van der Waals surface area contributed by atoms with Crippen LogP contribution in [0.5, 0.6) is 0 Å². The largest absolute Gasteiger partial charge is 0.478 e. The van der Waals surface area contributed by atoms with E-state index in [-0.39, 0.29) is 5.56 Å². The molecule has 0 amide bonds. The molecule has 2 heterocycles. The molecule has 0 aliphatic rings. The van der Waals surface area contributed by atoms with Crippen molar-refractivity contribution in [3.05, 3.63) is 41.1 Å². The number of carboxylic acids is 1. The maximum atomic E-state index is 10.7. The van der Waals surface area contributed by atoms with Gasteiger partial charge >= 0.3 is 5.97 Å². The third-order valence-electron chi connectivity index (χ3n) is 2.36. The maximum absolute atomic E-state index is 10.7. The topological polar surface area (TPSA) is 68.0 Å². The van der Waals surface area contributed by atoms with Gasteiger partial charge < -0.3 is 9.67 Å². The van der Waals surface area contributed by atoms with Gasteiger partial charge in [-0.2, -0.15) is 0 Å². The lowest BCUT2D eigenvalue weighted by atomic mass is 10.3. The molecule has 0 saturated carbocycles. The van der Waals surface area contributed by atoms with Gasteiger partial charge in [-0.3, -0.25) is 0 Å². The zero-order chi connectivity index (χ0) is 13.1. The van der Waals surface area contributed by atoms with Crippen LogP contribution in [0.15, 0.2) is 29.6 Å². The molecule has 0 fully saturated rings. The number of hydrogen-bond donors (Lipinski definition) is 1. The lowest BCUT2D eigenvalue weighted by Gasteiger charge is -2.02. The highest BCUT2D eigenvalue weighted by Gasteiger charge is 2.07. The molecular formula is C11H10ClN3O2S. The number of hydrogen-bond acceptors (Lipinski definition) is 4. The summed E-state index contributed by atoms with van der Waals surface area (Å²) >= 11 is 7.35. The smallest absolute Gasteiger partial charge is 0.337 e. The number of aromatic carboxylic acids is 1. The Morgan fingerprint density at radius 1 is 1.44 bits per heavy atom. The molecule has 94 valence electrons. The summed E-state index contributed by atoms with van der Waals surface area (Å²) in [7, 11) is 1.84. The summed E-state index contributed by atoms with van der Waals surface area (Å²) in [5, 5.41) is 10.1. The molecule has 1 N–H and O–H groups in total. The van der Waals surface area contributed by atoms with E-state index in [4.69, 9.17) is 16.7 Å². The number of halogens is 1. The fourth-order valence-corrected chi connectivity index (χ4v) is 2.27. The third-order valence-corrected chi connectivity index (χ3v) is 3.65. The number of aromatic nitrogens is 3. The third kappa shape index (κ3) is 2.83. The normalized spacial score (nSPS) is 10.6. The van der Waals surface area contributed by atoms with Crippen LogP contribution in [0.25, 0.3) is 0 Å². The Hall–Kier alpha value is -1.53. The van der Waals surface area contributed by atoms with Gasteiger partial charge in [-0.05, 0) is 12.1 Å². The average molecular weight is 284 g/mol. The summed E-state index contributed by atoms with van der Waals surface area (Å²) in [6.45, 7) is 0. The van der Waals surface area contributed by atoms with E-state index in [2.05, 4.69) is 9.97 Å². The molecule has 0 radical (unpaired) electrons. The van der Waals surface area contributed by atoms with E-state index in [1.165, 1.54) is 24.0 Å². The van der Waals surface area contributed by atoms with Crippen molar-refractivity contribution in [2.24, 2.45) is 7.05 Å². The number of nitrogens with zero attached hydrogens (tertiary/aromatic N) is 3. The molecule has 0 aromatic carbocycles. The van der Waals surface area contributed by atoms with Crippen LogP contribution in [0.3, 0.4) is 0 Å². The van der Waals surface area contributed by atoms with Crippen LogP contribution in [0.1, 0.15) is 16.2 Å². The Morgan fingerprint density at radius 2 is 2.22 bits per heavy atom. The number of imidazole rings is 1. The van der Waals surface area contributed by atoms with Crippen LogP contribution in [0, 0.1) is 0 Å². The molecule has 2 aromatic heterocycles. The van der Waals surface area contributed by atoms with Crippen molar-refractivity contribution >= 4 is 29.3 Å². The van der Waals surface area contributed by atoms with Crippen molar-refractivity contribution < 1.29 is 9.90 Å². The Morgan fingerprint density at radius 3 is 2.72 bits per heavy atom. The summed E-state index contributed by atoms with van der Waals surface area (Å²) in [6, 6.07) is 3.21. The van der Waals surface area contributed by atoms with Gasteiger partial charge in [0.15, 0.2) is 0 Å². The molecule has 18 heavy (non-hydrogen) atoms. The van der Waals surface area contributed by atoms with Crippen LogP contribution in [0.2, 0.25) is 5.15 Å². The second kappa shape index (κ2) is 5.41. The molecular weight excluding hydrogens is 274 g/mol. The minimum atomic E-state index is -0.977. The van der Waals surface area contributed by atoms with E-state index in [1.807, 2.05) is 7.05 Å². The van der Waals surface area contributed by atoms with Gasteiger partial charge in [-0.25, -0.2) is 14.8 Å². The molecule has 0 bridgehead atoms. The highest BCUT2D eigenvalue weighted by Crippen LogP contribution is 2.21. The van der Waals surface area contributed by atoms with Gasteiger partial charge in [0, 0.05) is 13.2 Å². The van der Waals surface area contributed by atoms with Gasteiger partial charge in [0.2, 0.25) is 0 Å². The van der Waals surface area contributed by atoms with Gasteiger partial charge in [0.25, 0.3) is 0 Å². The Bertz CT molecular complexity index is 568. The number of thioether (sulfide) groups is 1. The van der Waals surface area contributed by atoms with Crippen LogP contribution in [-0.4, -0.2) is 25.6 Å². The summed E-state index contributed by atoms with van der Waals surface area (Å²) < 4.78 is 1.79. The van der Waals surface area contributed by atoms with E-state index in [0.29, 0.717) is 10.9 Å². The standard InChI is InChI=1S/C11H10ClN3O2S/c1-15-8(12)5-13-9(15)6-18-10-3-2-7(4-14-10)11(16)17/h2-5H,6H2,1H3,(H,16,17). The van der Waals surface area contributed by atoms with Crippen molar-refractivity contribution in [1.29, 1.82) is 0 Å². The minimum absolute atomic E-state index is 0.180. The lowest BCUT2D eigenvalue weighted by molar-refractivity contribution is 0.0696. The van der Waals surface area contributed by atoms with Gasteiger partial charge in [0.1, 0.15) is 11.0 Å². The SMILES string of the molecule is Cn1c(Cl)cnc1CSc1ccc(C(=O)O)cn1. The number of pyridine rings is 1. The van der Waals surface area contributed by atoms with E-state index in [0.717, 1.165) is 10.9 Å². The first-order valence-electron chi connectivity index (χ1n) is 5.06. The zero-order valence-electron chi connectivity index (χ0n) is 9.50. The van der Waals surface area contributed by atoms with Gasteiger partial charge in [-0.15, -0.1) is 0 Å². The van der Waals surface area contributed by atoms with Crippen molar-refractivity contribution in [3.63, 3.8) is 0 Å². The quantitative estimate of drug-likeness (QED) is 0.873. The summed E-state index contributed by atoms with van der Waals surface area (Å²) in [4.78, 5) is 18.9. The van der Waals surface area contributed by atoms with Crippen LogP contribution < -0.4 is 0 Å². The molecule has 5 nitrogen and oxygen atoms in total. The second-order valence-electron chi connectivity index (χ2n) is 3.54. The first kappa shape index (κ1) is 12.9. The lowest BCUT2D eigenvalue weighted by Crippen LogP contribution is -1.98. The number of rotatable bonds is 4.